The second-order valence-electron chi connectivity index (χ2n) is 6.05. The van der Waals surface area contributed by atoms with E-state index in [1.165, 1.54) is 30.3 Å². The van der Waals surface area contributed by atoms with Gasteiger partial charge in [0, 0.05) is 18.2 Å². The third kappa shape index (κ3) is 4.60. The molecule has 3 N–H and O–H groups in total. The molecule has 2 aromatic carbocycles. The van der Waals surface area contributed by atoms with Crippen LogP contribution >= 0.6 is 0 Å². The SMILES string of the molecule is COc1ccc(NC(=O)C2=NN(c3ccccc3)[C@H](C(N)=O)C2)cc1OC(F)F. The van der Waals surface area contributed by atoms with E-state index in [-0.39, 0.29) is 29.3 Å². The fourth-order valence-electron chi connectivity index (χ4n) is 2.83. The number of anilines is 2. The van der Waals surface area contributed by atoms with Crippen molar-refractivity contribution in [1.82, 2.24) is 0 Å². The Morgan fingerprint density at radius 2 is 1.93 bits per heavy atom. The lowest BCUT2D eigenvalue weighted by Crippen LogP contribution is -2.39. The van der Waals surface area contributed by atoms with Gasteiger partial charge < -0.3 is 20.5 Å². The number of hydrazone groups is 1. The van der Waals surface area contributed by atoms with Gasteiger partial charge >= 0.3 is 6.61 Å². The third-order valence-electron chi connectivity index (χ3n) is 4.16. The first-order chi connectivity index (χ1) is 13.9. The first kappa shape index (κ1) is 20.1. The third-order valence-corrected chi connectivity index (χ3v) is 4.16. The van der Waals surface area contributed by atoms with Crippen LogP contribution in [-0.2, 0) is 9.59 Å². The Balaban J connectivity index is 1.81. The molecule has 0 radical (unpaired) electrons. The molecule has 0 fully saturated rings. The van der Waals surface area contributed by atoms with Crippen molar-refractivity contribution in [2.45, 2.75) is 19.1 Å². The average Bonchev–Trinajstić information content (AvgIpc) is 3.14. The molecule has 29 heavy (non-hydrogen) atoms. The monoisotopic (exact) mass is 404 g/mol. The Hall–Kier alpha value is -3.69. The molecule has 2 amide bonds. The van der Waals surface area contributed by atoms with Crippen molar-refractivity contribution in [3.8, 4) is 11.5 Å². The first-order valence-electron chi connectivity index (χ1n) is 8.54. The van der Waals surface area contributed by atoms with Crippen molar-refractivity contribution >= 4 is 28.9 Å². The van der Waals surface area contributed by atoms with E-state index < -0.39 is 24.5 Å². The zero-order valence-electron chi connectivity index (χ0n) is 15.3. The van der Waals surface area contributed by atoms with Crippen LogP contribution < -0.4 is 25.5 Å². The van der Waals surface area contributed by atoms with Crippen LogP contribution in [0.2, 0.25) is 0 Å². The summed E-state index contributed by atoms with van der Waals surface area (Å²) in [6.45, 7) is -3.05. The highest BCUT2D eigenvalue weighted by Gasteiger charge is 2.35. The Kier molecular flexibility index (Phi) is 5.91. The molecule has 0 saturated carbocycles. The molecule has 152 valence electrons. The Morgan fingerprint density at radius 3 is 2.55 bits per heavy atom. The number of carbonyl (C=O) groups is 2. The molecule has 2 aromatic rings. The maximum Gasteiger partial charge on any atom is 0.387 e. The minimum absolute atomic E-state index is 0.00655. The van der Waals surface area contributed by atoms with Crippen molar-refractivity contribution in [2.75, 3.05) is 17.4 Å². The van der Waals surface area contributed by atoms with Crippen molar-refractivity contribution in [3.63, 3.8) is 0 Å². The van der Waals surface area contributed by atoms with Crippen LogP contribution in [0.3, 0.4) is 0 Å². The number of halogens is 2. The quantitative estimate of drug-likeness (QED) is 0.737. The van der Waals surface area contributed by atoms with Crippen molar-refractivity contribution < 1.29 is 27.8 Å². The van der Waals surface area contributed by atoms with E-state index in [9.17, 15) is 18.4 Å². The fourth-order valence-corrected chi connectivity index (χ4v) is 2.83. The lowest BCUT2D eigenvalue weighted by atomic mass is 10.1. The molecule has 1 aliphatic rings. The van der Waals surface area contributed by atoms with E-state index in [4.69, 9.17) is 10.5 Å². The molecule has 0 unspecified atom stereocenters. The highest BCUT2D eigenvalue weighted by Crippen LogP contribution is 2.32. The summed E-state index contributed by atoms with van der Waals surface area (Å²) in [5, 5.41) is 8.16. The van der Waals surface area contributed by atoms with Gasteiger partial charge in [0.2, 0.25) is 5.91 Å². The number of hydrogen-bond donors (Lipinski definition) is 2. The van der Waals surface area contributed by atoms with Gasteiger partial charge in [-0.15, -0.1) is 0 Å². The minimum Gasteiger partial charge on any atom is -0.493 e. The summed E-state index contributed by atoms with van der Waals surface area (Å²) in [6, 6.07) is 12.0. The molecule has 1 atom stereocenters. The number of nitrogens with one attached hydrogen (secondary N) is 1. The van der Waals surface area contributed by atoms with Gasteiger partial charge in [-0.05, 0) is 24.3 Å². The lowest BCUT2D eigenvalue weighted by Gasteiger charge is -2.20. The van der Waals surface area contributed by atoms with E-state index >= 15 is 0 Å². The van der Waals surface area contributed by atoms with Crippen LogP contribution in [-0.4, -0.2) is 37.3 Å². The zero-order chi connectivity index (χ0) is 21.0. The van der Waals surface area contributed by atoms with Crippen LogP contribution in [0.4, 0.5) is 20.2 Å². The molecule has 0 aliphatic carbocycles. The molecule has 0 aromatic heterocycles. The molecule has 0 bridgehead atoms. The number of para-hydroxylation sites is 1. The lowest BCUT2D eigenvalue weighted by molar-refractivity contribution is -0.119. The summed E-state index contributed by atoms with van der Waals surface area (Å²) in [6.07, 6.45) is 0.00655. The number of hydrogen-bond acceptors (Lipinski definition) is 6. The van der Waals surface area contributed by atoms with E-state index in [1.54, 1.807) is 30.3 Å². The summed E-state index contributed by atoms with van der Waals surface area (Å²) < 4.78 is 34.5. The molecule has 8 nitrogen and oxygen atoms in total. The van der Waals surface area contributed by atoms with Crippen LogP contribution in [0.15, 0.2) is 53.6 Å². The molecule has 0 saturated heterocycles. The second kappa shape index (κ2) is 8.55. The van der Waals surface area contributed by atoms with Crippen molar-refractivity contribution in [3.05, 3.63) is 48.5 Å². The number of amides is 2. The van der Waals surface area contributed by atoms with Gasteiger partial charge in [-0.3, -0.25) is 14.6 Å². The summed E-state index contributed by atoms with van der Waals surface area (Å²) in [4.78, 5) is 24.4. The molecular formula is C19H18F2N4O4. The maximum absolute atomic E-state index is 12.6. The van der Waals surface area contributed by atoms with Crippen LogP contribution in [0.5, 0.6) is 11.5 Å². The van der Waals surface area contributed by atoms with Gasteiger partial charge in [-0.25, -0.2) is 0 Å². The van der Waals surface area contributed by atoms with Gasteiger partial charge in [0.15, 0.2) is 11.5 Å². The highest BCUT2D eigenvalue weighted by molar-refractivity contribution is 6.44. The van der Waals surface area contributed by atoms with Gasteiger partial charge in [-0.1, -0.05) is 18.2 Å². The first-order valence-corrected chi connectivity index (χ1v) is 8.54. The van der Waals surface area contributed by atoms with Gasteiger partial charge in [-0.2, -0.15) is 13.9 Å². The Labute approximate surface area is 164 Å². The highest BCUT2D eigenvalue weighted by atomic mass is 19.3. The zero-order valence-corrected chi connectivity index (χ0v) is 15.3. The molecule has 1 heterocycles. The van der Waals surface area contributed by atoms with E-state index in [1.807, 2.05) is 0 Å². The van der Waals surface area contributed by atoms with E-state index in [0.29, 0.717) is 5.69 Å². The normalized spacial score (nSPS) is 15.8. The average molecular weight is 404 g/mol. The summed E-state index contributed by atoms with van der Waals surface area (Å²) in [7, 11) is 1.31. The van der Waals surface area contributed by atoms with Crippen LogP contribution in [0.1, 0.15) is 6.42 Å². The van der Waals surface area contributed by atoms with Gasteiger partial charge in [0.1, 0.15) is 11.8 Å². The maximum atomic E-state index is 12.6. The van der Waals surface area contributed by atoms with E-state index in [0.717, 1.165) is 0 Å². The predicted molar refractivity (Wildman–Crippen MR) is 102 cm³/mol. The summed E-state index contributed by atoms with van der Waals surface area (Å²) in [5.41, 5.74) is 6.33. The summed E-state index contributed by atoms with van der Waals surface area (Å²) in [5.74, 6) is -1.36. The largest absolute Gasteiger partial charge is 0.493 e. The number of nitrogens with zero attached hydrogens (tertiary/aromatic N) is 2. The van der Waals surface area contributed by atoms with Crippen LogP contribution in [0.25, 0.3) is 0 Å². The number of methoxy groups -OCH3 is 1. The number of ether oxygens (including phenoxy) is 2. The topological polar surface area (TPSA) is 106 Å². The van der Waals surface area contributed by atoms with Gasteiger partial charge in [0.05, 0.1) is 12.8 Å². The molecule has 0 spiro atoms. The fraction of sp³-hybridized carbons (Fsp3) is 0.211. The number of rotatable bonds is 7. The van der Waals surface area contributed by atoms with E-state index in [2.05, 4.69) is 15.2 Å². The van der Waals surface area contributed by atoms with Crippen molar-refractivity contribution in [2.24, 2.45) is 10.8 Å². The smallest absolute Gasteiger partial charge is 0.387 e. The molecule has 1 aliphatic heterocycles. The minimum atomic E-state index is -3.05. The Bertz CT molecular complexity index is 937. The molecule has 10 heteroatoms. The van der Waals surface area contributed by atoms with Crippen molar-refractivity contribution in [1.29, 1.82) is 0 Å². The molecular weight excluding hydrogens is 386 g/mol. The summed E-state index contributed by atoms with van der Waals surface area (Å²) >= 11 is 0. The number of benzene rings is 2. The number of carbonyl (C=O) groups excluding carboxylic acids is 2. The predicted octanol–water partition coefficient (Wildman–Crippen LogP) is 2.36. The number of nitrogens with two attached hydrogens (primary N) is 1. The standard InChI is InChI=1S/C19H18F2N4O4/c1-28-15-8-7-11(9-16(15)29-19(20)21)23-18(27)13-10-14(17(22)26)25(24-13)12-5-3-2-4-6-12/h2-9,14,19H,10H2,1H3,(H2,22,26)(H,23,27)/t14-/m0/s1. The number of primary amides is 1. The second-order valence-corrected chi connectivity index (χ2v) is 6.05. The number of alkyl halides is 2. The molecule has 3 rings (SSSR count). The van der Waals surface area contributed by atoms with Gasteiger partial charge in [0.25, 0.3) is 5.91 Å². The van der Waals surface area contributed by atoms with Crippen LogP contribution in [0, 0.1) is 0 Å². The Morgan fingerprint density at radius 1 is 1.21 bits per heavy atom.